The SMILES string of the molecule is CCCN(CC(=O)NC(C)(C)CC)C1CCC(N)CC1. The highest BCUT2D eigenvalue weighted by Crippen LogP contribution is 2.22. The smallest absolute Gasteiger partial charge is 0.234 e. The van der Waals surface area contributed by atoms with E-state index in [1.54, 1.807) is 0 Å². The highest BCUT2D eigenvalue weighted by Gasteiger charge is 2.26. The Morgan fingerprint density at radius 1 is 1.25 bits per heavy atom. The lowest BCUT2D eigenvalue weighted by molar-refractivity contribution is -0.124. The highest BCUT2D eigenvalue weighted by molar-refractivity contribution is 5.78. The van der Waals surface area contributed by atoms with Crippen molar-refractivity contribution in [1.82, 2.24) is 10.2 Å². The fraction of sp³-hybridized carbons (Fsp3) is 0.938. The minimum absolute atomic E-state index is 0.107. The summed E-state index contributed by atoms with van der Waals surface area (Å²) in [6, 6.07) is 0.896. The van der Waals surface area contributed by atoms with E-state index in [1.165, 1.54) is 0 Å². The number of nitrogens with zero attached hydrogens (tertiary/aromatic N) is 1. The second-order valence-electron chi connectivity index (χ2n) is 6.82. The summed E-state index contributed by atoms with van der Waals surface area (Å²) in [5, 5.41) is 3.14. The molecule has 0 unspecified atom stereocenters. The van der Waals surface area contributed by atoms with E-state index >= 15 is 0 Å². The third-order valence-corrected chi connectivity index (χ3v) is 4.48. The number of hydrogen-bond acceptors (Lipinski definition) is 3. The summed E-state index contributed by atoms with van der Waals surface area (Å²) in [5.74, 6) is 0.153. The van der Waals surface area contributed by atoms with Crippen molar-refractivity contribution >= 4 is 5.91 Å². The van der Waals surface area contributed by atoms with Crippen molar-refractivity contribution in [1.29, 1.82) is 0 Å². The number of carbonyl (C=O) groups is 1. The Morgan fingerprint density at radius 3 is 2.35 bits per heavy atom. The van der Waals surface area contributed by atoms with Crippen LogP contribution in [0.5, 0.6) is 0 Å². The summed E-state index contributed by atoms with van der Waals surface area (Å²) in [7, 11) is 0. The zero-order chi connectivity index (χ0) is 15.2. The Labute approximate surface area is 124 Å². The van der Waals surface area contributed by atoms with Crippen LogP contribution < -0.4 is 11.1 Å². The van der Waals surface area contributed by atoms with Gasteiger partial charge < -0.3 is 11.1 Å². The van der Waals surface area contributed by atoms with E-state index in [-0.39, 0.29) is 11.4 Å². The van der Waals surface area contributed by atoms with E-state index in [4.69, 9.17) is 5.73 Å². The van der Waals surface area contributed by atoms with Gasteiger partial charge in [-0.1, -0.05) is 13.8 Å². The summed E-state index contributed by atoms with van der Waals surface area (Å²) >= 11 is 0. The number of rotatable bonds is 7. The van der Waals surface area contributed by atoms with Gasteiger partial charge in [0.2, 0.25) is 5.91 Å². The molecule has 0 heterocycles. The lowest BCUT2D eigenvalue weighted by Gasteiger charge is -2.36. The molecule has 1 aliphatic carbocycles. The molecule has 0 aromatic carbocycles. The maximum absolute atomic E-state index is 12.2. The summed E-state index contributed by atoms with van der Waals surface area (Å²) in [5.41, 5.74) is 5.87. The second kappa shape index (κ2) is 7.99. The third kappa shape index (κ3) is 5.80. The molecule has 3 N–H and O–H groups in total. The van der Waals surface area contributed by atoms with Gasteiger partial charge in [0.15, 0.2) is 0 Å². The van der Waals surface area contributed by atoms with Gasteiger partial charge in [-0.2, -0.15) is 0 Å². The molecule has 0 aromatic rings. The topological polar surface area (TPSA) is 58.4 Å². The van der Waals surface area contributed by atoms with Crippen LogP contribution in [-0.4, -0.2) is 41.5 Å². The van der Waals surface area contributed by atoms with Crippen LogP contribution >= 0.6 is 0 Å². The minimum atomic E-state index is -0.107. The summed E-state index contributed by atoms with van der Waals surface area (Å²) in [4.78, 5) is 14.6. The maximum atomic E-state index is 12.2. The Morgan fingerprint density at radius 2 is 1.85 bits per heavy atom. The van der Waals surface area contributed by atoms with Crippen LogP contribution in [0.1, 0.15) is 66.2 Å². The third-order valence-electron chi connectivity index (χ3n) is 4.48. The van der Waals surface area contributed by atoms with Gasteiger partial charge in [0.25, 0.3) is 0 Å². The van der Waals surface area contributed by atoms with Crippen molar-refractivity contribution in [3.63, 3.8) is 0 Å². The van der Waals surface area contributed by atoms with Gasteiger partial charge in [-0.25, -0.2) is 0 Å². The van der Waals surface area contributed by atoms with Gasteiger partial charge in [0.05, 0.1) is 6.54 Å². The molecule has 0 aromatic heterocycles. The Balaban J connectivity index is 2.52. The molecule has 0 atom stereocenters. The standard InChI is InChI=1S/C16H33N3O/c1-5-11-19(14-9-7-13(17)8-10-14)12-15(20)18-16(3,4)6-2/h13-14H,5-12,17H2,1-4H3,(H,18,20). The Bertz CT molecular complexity index is 296. The zero-order valence-corrected chi connectivity index (χ0v) is 13.7. The number of carbonyl (C=O) groups excluding carboxylic acids is 1. The van der Waals surface area contributed by atoms with Crippen LogP contribution in [0, 0.1) is 0 Å². The molecule has 0 bridgehead atoms. The fourth-order valence-electron chi connectivity index (χ4n) is 2.83. The van der Waals surface area contributed by atoms with Gasteiger partial charge in [0.1, 0.15) is 0 Å². The van der Waals surface area contributed by atoms with E-state index in [2.05, 4.69) is 37.9 Å². The second-order valence-corrected chi connectivity index (χ2v) is 6.82. The molecular formula is C16H33N3O. The molecule has 1 fully saturated rings. The molecule has 0 saturated heterocycles. The van der Waals surface area contributed by atoms with Crippen molar-refractivity contribution in [2.45, 2.75) is 83.8 Å². The number of hydrogen-bond donors (Lipinski definition) is 2. The Kier molecular flexibility index (Phi) is 6.96. The quantitative estimate of drug-likeness (QED) is 0.753. The highest BCUT2D eigenvalue weighted by atomic mass is 16.2. The summed E-state index contributed by atoms with van der Waals surface area (Å²) in [6.07, 6.45) is 6.48. The van der Waals surface area contributed by atoms with E-state index < -0.39 is 0 Å². The molecule has 1 amide bonds. The van der Waals surface area contributed by atoms with Gasteiger partial charge >= 0.3 is 0 Å². The van der Waals surface area contributed by atoms with E-state index in [9.17, 15) is 4.79 Å². The average Bonchev–Trinajstić information content (AvgIpc) is 2.38. The van der Waals surface area contributed by atoms with E-state index in [0.717, 1.165) is 45.1 Å². The van der Waals surface area contributed by atoms with Crippen LogP contribution in [-0.2, 0) is 4.79 Å². The lowest BCUT2D eigenvalue weighted by Crippen LogP contribution is -2.50. The van der Waals surface area contributed by atoms with Crippen molar-refractivity contribution in [2.75, 3.05) is 13.1 Å². The van der Waals surface area contributed by atoms with Crippen molar-refractivity contribution < 1.29 is 4.79 Å². The summed E-state index contributed by atoms with van der Waals surface area (Å²) in [6.45, 7) is 9.96. The van der Waals surface area contributed by atoms with Crippen LogP contribution in [0.25, 0.3) is 0 Å². The average molecular weight is 283 g/mol. The van der Waals surface area contributed by atoms with Crippen LogP contribution in [0.2, 0.25) is 0 Å². The molecule has 1 rings (SSSR count). The van der Waals surface area contributed by atoms with Crippen molar-refractivity contribution in [3.8, 4) is 0 Å². The predicted molar refractivity (Wildman–Crippen MR) is 84.6 cm³/mol. The van der Waals surface area contributed by atoms with Crippen LogP contribution in [0.3, 0.4) is 0 Å². The minimum Gasteiger partial charge on any atom is -0.350 e. The van der Waals surface area contributed by atoms with Crippen LogP contribution in [0.4, 0.5) is 0 Å². The Hall–Kier alpha value is -0.610. The largest absolute Gasteiger partial charge is 0.350 e. The molecule has 20 heavy (non-hydrogen) atoms. The first kappa shape index (κ1) is 17.4. The normalized spacial score (nSPS) is 23.9. The van der Waals surface area contributed by atoms with Crippen LogP contribution in [0.15, 0.2) is 0 Å². The predicted octanol–water partition coefficient (Wildman–Crippen LogP) is 2.27. The number of nitrogens with two attached hydrogens (primary N) is 1. The van der Waals surface area contributed by atoms with Gasteiger partial charge in [-0.3, -0.25) is 9.69 Å². The first-order valence-electron chi connectivity index (χ1n) is 8.18. The molecule has 0 aliphatic heterocycles. The van der Waals surface area contributed by atoms with Crippen molar-refractivity contribution in [2.24, 2.45) is 5.73 Å². The lowest BCUT2D eigenvalue weighted by atomic mass is 9.90. The monoisotopic (exact) mass is 283 g/mol. The summed E-state index contributed by atoms with van der Waals surface area (Å²) < 4.78 is 0. The molecule has 118 valence electrons. The molecule has 4 nitrogen and oxygen atoms in total. The number of amides is 1. The molecule has 0 radical (unpaired) electrons. The van der Waals surface area contributed by atoms with E-state index in [1.807, 2.05) is 0 Å². The fourth-order valence-corrected chi connectivity index (χ4v) is 2.83. The zero-order valence-electron chi connectivity index (χ0n) is 13.7. The van der Waals surface area contributed by atoms with Crippen molar-refractivity contribution in [3.05, 3.63) is 0 Å². The first-order valence-corrected chi connectivity index (χ1v) is 8.18. The van der Waals surface area contributed by atoms with Gasteiger partial charge in [0, 0.05) is 17.6 Å². The molecule has 1 aliphatic rings. The molecule has 1 saturated carbocycles. The van der Waals surface area contributed by atoms with Gasteiger partial charge in [-0.05, 0) is 58.9 Å². The molecule has 0 spiro atoms. The van der Waals surface area contributed by atoms with E-state index in [0.29, 0.717) is 18.6 Å². The number of nitrogens with one attached hydrogen (secondary N) is 1. The maximum Gasteiger partial charge on any atom is 0.234 e. The van der Waals surface area contributed by atoms with Gasteiger partial charge in [-0.15, -0.1) is 0 Å². The molecule has 4 heteroatoms. The molecular weight excluding hydrogens is 250 g/mol. The first-order chi connectivity index (χ1) is 9.38.